The van der Waals surface area contributed by atoms with Crippen molar-refractivity contribution < 1.29 is 5.11 Å². The summed E-state index contributed by atoms with van der Waals surface area (Å²) in [5, 5.41) is 12.2. The van der Waals surface area contributed by atoms with Gasteiger partial charge in [-0.2, -0.15) is 0 Å². The maximum atomic E-state index is 9.09. The number of hydrogen-bond acceptors (Lipinski definition) is 2. The van der Waals surface area contributed by atoms with Crippen molar-refractivity contribution in [1.82, 2.24) is 5.32 Å². The summed E-state index contributed by atoms with van der Waals surface area (Å²) in [6.45, 7) is 1.69. The number of halogens is 1. The molecule has 54 valence electrons. The minimum atomic E-state index is -0.178. The highest BCUT2D eigenvalue weighted by Crippen LogP contribution is 2.11. The van der Waals surface area contributed by atoms with Crippen LogP contribution in [-0.4, -0.2) is 30.2 Å². The molecule has 0 amide bonds. The van der Waals surface area contributed by atoms with Gasteiger partial charge in [-0.05, 0) is 18.9 Å². The zero-order valence-electron chi connectivity index (χ0n) is 5.31. The fraction of sp³-hybridized carbons (Fsp3) is 1.00. The molecule has 2 N–H and O–H groups in total. The van der Waals surface area contributed by atoms with Gasteiger partial charge in [0.05, 0.1) is 6.10 Å². The highest BCUT2D eigenvalue weighted by molar-refractivity contribution is 6.18. The third kappa shape index (κ3) is 2.12. The standard InChI is InChI=1S/C6H12ClNO/c7-2-5-1-6(9)4-8-3-5/h5-6,8-9H,1-4H2/t5-,6-/m0/s1. The van der Waals surface area contributed by atoms with Crippen LogP contribution < -0.4 is 5.32 Å². The van der Waals surface area contributed by atoms with Crippen molar-refractivity contribution in [3.63, 3.8) is 0 Å². The molecule has 9 heavy (non-hydrogen) atoms. The molecule has 3 heteroatoms. The summed E-state index contributed by atoms with van der Waals surface area (Å²) in [4.78, 5) is 0. The van der Waals surface area contributed by atoms with Gasteiger partial charge in [-0.15, -0.1) is 11.6 Å². The van der Waals surface area contributed by atoms with E-state index in [-0.39, 0.29) is 6.10 Å². The Labute approximate surface area is 60.2 Å². The van der Waals surface area contributed by atoms with E-state index in [0.717, 1.165) is 19.5 Å². The van der Waals surface area contributed by atoms with Crippen LogP contribution in [0.5, 0.6) is 0 Å². The van der Waals surface area contributed by atoms with E-state index in [1.165, 1.54) is 0 Å². The van der Waals surface area contributed by atoms with Gasteiger partial charge >= 0.3 is 0 Å². The van der Waals surface area contributed by atoms with Crippen molar-refractivity contribution >= 4 is 11.6 Å². The molecule has 0 unspecified atom stereocenters. The van der Waals surface area contributed by atoms with Crippen LogP contribution in [0, 0.1) is 5.92 Å². The largest absolute Gasteiger partial charge is 0.392 e. The molecule has 0 bridgehead atoms. The summed E-state index contributed by atoms with van der Waals surface area (Å²) in [5.74, 6) is 1.12. The van der Waals surface area contributed by atoms with Gasteiger partial charge in [0, 0.05) is 12.4 Å². The van der Waals surface area contributed by atoms with Crippen LogP contribution in [0.2, 0.25) is 0 Å². The molecule has 2 nitrogen and oxygen atoms in total. The van der Waals surface area contributed by atoms with Crippen molar-refractivity contribution in [3.05, 3.63) is 0 Å². The zero-order valence-corrected chi connectivity index (χ0v) is 6.06. The molecule has 0 saturated carbocycles. The molecule has 0 aromatic heterocycles. The van der Waals surface area contributed by atoms with Crippen LogP contribution in [0.25, 0.3) is 0 Å². The predicted octanol–water partition coefficient (Wildman–Crippen LogP) is 0.196. The Balaban J connectivity index is 2.23. The molecule has 2 atom stereocenters. The van der Waals surface area contributed by atoms with Gasteiger partial charge in [0.2, 0.25) is 0 Å². The lowest BCUT2D eigenvalue weighted by atomic mass is 10.00. The monoisotopic (exact) mass is 149 g/mol. The van der Waals surface area contributed by atoms with Crippen LogP contribution in [0.3, 0.4) is 0 Å². The van der Waals surface area contributed by atoms with Crippen molar-refractivity contribution in [2.75, 3.05) is 19.0 Å². The van der Waals surface area contributed by atoms with E-state index in [4.69, 9.17) is 16.7 Å². The minimum Gasteiger partial charge on any atom is -0.392 e. The van der Waals surface area contributed by atoms with Gasteiger partial charge < -0.3 is 10.4 Å². The third-order valence-electron chi connectivity index (χ3n) is 1.64. The molecule has 1 aliphatic heterocycles. The van der Waals surface area contributed by atoms with Crippen LogP contribution in [0.1, 0.15) is 6.42 Å². The number of alkyl halides is 1. The lowest BCUT2D eigenvalue weighted by molar-refractivity contribution is 0.120. The van der Waals surface area contributed by atoms with E-state index in [9.17, 15) is 0 Å². The van der Waals surface area contributed by atoms with Crippen LogP contribution in [-0.2, 0) is 0 Å². The second kappa shape index (κ2) is 3.40. The first-order chi connectivity index (χ1) is 4.33. The van der Waals surface area contributed by atoms with E-state index in [1.54, 1.807) is 0 Å². The lowest BCUT2D eigenvalue weighted by Gasteiger charge is -2.24. The predicted molar refractivity (Wildman–Crippen MR) is 37.7 cm³/mol. The van der Waals surface area contributed by atoms with Crippen LogP contribution >= 0.6 is 11.6 Å². The molecular formula is C6H12ClNO. The average Bonchev–Trinajstić information content (AvgIpc) is 1.88. The molecule has 0 aromatic rings. The minimum absolute atomic E-state index is 0.178. The van der Waals surface area contributed by atoms with Gasteiger partial charge in [0.25, 0.3) is 0 Å². The SMILES string of the molecule is O[C@@H]1CNC[C@H](CCl)C1. The molecule has 1 heterocycles. The van der Waals surface area contributed by atoms with Crippen LogP contribution in [0.15, 0.2) is 0 Å². The Morgan fingerprint density at radius 1 is 1.56 bits per heavy atom. The number of aliphatic hydroxyl groups is 1. The van der Waals surface area contributed by atoms with E-state index in [0.29, 0.717) is 11.8 Å². The molecule has 1 fully saturated rings. The Hall–Kier alpha value is 0.210. The summed E-state index contributed by atoms with van der Waals surface area (Å²) in [6.07, 6.45) is 0.679. The third-order valence-corrected chi connectivity index (χ3v) is 2.07. The second-order valence-corrected chi connectivity index (χ2v) is 2.88. The Kier molecular flexibility index (Phi) is 2.76. The van der Waals surface area contributed by atoms with Crippen molar-refractivity contribution in [1.29, 1.82) is 0 Å². The zero-order chi connectivity index (χ0) is 6.69. The quantitative estimate of drug-likeness (QED) is 0.522. The summed E-state index contributed by atoms with van der Waals surface area (Å²) in [5.41, 5.74) is 0. The summed E-state index contributed by atoms with van der Waals surface area (Å²) < 4.78 is 0. The molecule has 0 aliphatic carbocycles. The maximum absolute atomic E-state index is 9.09. The van der Waals surface area contributed by atoms with Crippen LogP contribution in [0.4, 0.5) is 0 Å². The lowest BCUT2D eigenvalue weighted by Crippen LogP contribution is -2.39. The van der Waals surface area contributed by atoms with E-state index >= 15 is 0 Å². The van der Waals surface area contributed by atoms with E-state index in [1.807, 2.05) is 0 Å². The van der Waals surface area contributed by atoms with Gasteiger partial charge in [-0.1, -0.05) is 0 Å². The Morgan fingerprint density at radius 3 is 2.78 bits per heavy atom. The van der Waals surface area contributed by atoms with E-state index in [2.05, 4.69) is 5.32 Å². The van der Waals surface area contributed by atoms with E-state index < -0.39 is 0 Å². The number of β-amino-alcohol motifs (C(OH)–C–C–N with tert-alkyl or cyclic N) is 1. The molecule has 0 radical (unpaired) electrons. The van der Waals surface area contributed by atoms with Gasteiger partial charge in [-0.25, -0.2) is 0 Å². The highest BCUT2D eigenvalue weighted by Gasteiger charge is 2.17. The summed E-state index contributed by atoms with van der Waals surface area (Å²) >= 11 is 5.59. The maximum Gasteiger partial charge on any atom is 0.0668 e. The first-order valence-electron chi connectivity index (χ1n) is 3.27. The summed E-state index contributed by atoms with van der Waals surface area (Å²) in [7, 11) is 0. The number of rotatable bonds is 1. The number of hydrogen-bond donors (Lipinski definition) is 2. The molecule has 1 rings (SSSR count). The first kappa shape index (κ1) is 7.32. The Morgan fingerprint density at radius 2 is 2.33 bits per heavy atom. The molecular weight excluding hydrogens is 138 g/mol. The topological polar surface area (TPSA) is 32.3 Å². The average molecular weight is 150 g/mol. The van der Waals surface area contributed by atoms with Gasteiger partial charge in [0.15, 0.2) is 0 Å². The van der Waals surface area contributed by atoms with Crippen molar-refractivity contribution in [2.45, 2.75) is 12.5 Å². The smallest absolute Gasteiger partial charge is 0.0668 e. The summed E-state index contributed by atoms with van der Waals surface area (Å²) in [6, 6.07) is 0. The number of aliphatic hydroxyl groups excluding tert-OH is 1. The first-order valence-corrected chi connectivity index (χ1v) is 3.81. The molecule has 1 aliphatic rings. The van der Waals surface area contributed by atoms with Crippen molar-refractivity contribution in [2.24, 2.45) is 5.92 Å². The highest BCUT2D eigenvalue weighted by atomic mass is 35.5. The molecule has 0 spiro atoms. The molecule has 0 aromatic carbocycles. The van der Waals surface area contributed by atoms with Crippen molar-refractivity contribution in [3.8, 4) is 0 Å². The fourth-order valence-corrected chi connectivity index (χ4v) is 1.36. The van der Waals surface area contributed by atoms with Gasteiger partial charge in [0.1, 0.15) is 0 Å². The second-order valence-electron chi connectivity index (χ2n) is 2.57. The fourth-order valence-electron chi connectivity index (χ4n) is 1.12. The number of piperidine rings is 1. The molecule has 1 saturated heterocycles. The number of nitrogens with one attached hydrogen (secondary N) is 1. The normalized spacial score (nSPS) is 36.7. The Bertz CT molecular complexity index is 89.1. The van der Waals surface area contributed by atoms with Gasteiger partial charge in [-0.3, -0.25) is 0 Å².